The Morgan fingerprint density at radius 1 is 1.36 bits per heavy atom. The van der Waals surface area contributed by atoms with Crippen LogP contribution >= 0.6 is 12.2 Å². The maximum absolute atomic E-state index is 13.1. The molecule has 1 fully saturated rings. The molecule has 0 saturated carbocycles. The van der Waals surface area contributed by atoms with Crippen molar-refractivity contribution in [3.63, 3.8) is 0 Å². The second-order valence-corrected chi connectivity index (χ2v) is 5.20. The van der Waals surface area contributed by atoms with Crippen molar-refractivity contribution in [1.82, 2.24) is 10.6 Å². The zero-order valence-corrected chi connectivity index (χ0v) is 12.9. The van der Waals surface area contributed by atoms with E-state index in [1.54, 1.807) is 12.1 Å². The van der Waals surface area contributed by atoms with Crippen molar-refractivity contribution in [1.29, 1.82) is 0 Å². The van der Waals surface area contributed by atoms with E-state index in [2.05, 4.69) is 17.2 Å². The maximum atomic E-state index is 13.1. The molecule has 1 aliphatic rings. The Hall–Kier alpha value is -1.99. The van der Waals surface area contributed by atoms with Crippen molar-refractivity contribution in [3.8, 4) is 0 Å². The zero-order valence-electron chi connectivity index (χ0n) is 12.1. The van der Waals surface area contributed by atoms with Gasteiger partial charge in [-0.25, -0.2) is 4.39 Å². The third-order valence-electron chi connectivity index (χ3n) is 3.28. The second-order valence-electron chi connectivity index (χ2n) is 4.79. The molecule has 0 radical (unpaired) electrons. The van der Waals surface area contributed by atoms with Gasteiger partial charge >= 0.3 is 5.97 Å². The molecule has 7 heteroatoms. The molecule has 1 saturated heterocycles. The minimum absolute atomic E-state index is 0.152. The molecule has 2 atom stereocenters. The number of esters is 1. The van der Waals surface area contributed by atoms with Crippen LogP contribution in [0.1, 0.15) is 11.6 Å². The average molecular weight is 324 g/mol. The number of halogens is 1. The summed E-state index contributed by atoms with van der Waals surface area (Å²) in [6.45, 7) is 4.31. The molecule has 0 aromatic heterocycles. The summed E-state index contributed by atoms with van der Waals surface area (Å²) in [5.74, 6) is -1.47. The van der Waals surface area contributed by atoms with Crippen molar-refractivity contribution in [2.24, 2.45) is 5.92 Å². The molecule has 1 aliphatic heterocycles. The fraction of sp³-hybridized carbons (Fsp3) is 0.333. The Bertz CT molecular complexity index is 577. The van der Waals surface area contributed by atoms with Crippen molar-refractivity contribution in [2.45, 2.75) is 6.04 Å². The third kappa shape index (κ3) is 3.80. The molecule has 0 amide bonds. The third-order valence-corrected chi connectivity index (χ3v) is 3.50. The highest BCUT2D eigenvalue weighted by Crippen LogP contribution is 2.30. The first kappa shape index (κ1) is 16.4. The number of methoxy groups -OCH3 is 1. The van der Waals surface area contributed by atoms with Gasteiger partial charge in [0.05, 0.1) is 12.6 Å². The molecule has 118 valence electrons. The lowest BCUT2D eigenvalue weighted by Gasteiger charge is -2.34. The highest BCUT2D eigenvalue weighted by Gasteiger charge is 2.37. The summed E-state index contributed by atoms with van der Waals surface area (Å²) < 4.78 is 23.1. The number of ether oxygens (including phenoxy) is 2. The van der Waals surface area contributed by atoms with Crippen LogP contribution in [0.2, 0.25) is 0 Å². The van der Waals surface area contributed by atoms with Crippen molar-refractivity contribution < 1.29 is 18.7 Å². The number of nitrogens with one attached hydrogen (secondary N) is 2. The first-order chi connectivity index (χ1) is 10.5. The standard InChI is InChI=1S/C15H17FN2O3S/c1-9-12(14(19)21-8-7-20-2)13(18-15(22)17-9)10-3-5-11(16)6-4-10/h3-6,12-13H,1,7-8H2,2H3,(H2,17,18,22)/t12-,13+/m0/s1. The summed E-state index contributed by atoms with van der Waals surface area (Å²) in [4.78, 5) is 12.3. The molecule has 22 heavy (non-hydrogen) atoms. The predicted molar refractivity (Wildman–Crippen MR) is 83.5 cm³/mol. The van der Waals surface area contributed by atoms with E-state index in [1.807, 2.05) is 0 Å². The SMILES string of the molecule is C=C1NC(=S)N[C@H](c2ccc(F)cc2)[C@H]1C(=O)OCCOC. The zero-order chi connectivity index (χ0) is 16.1. The van der Waals surface area contributed by atoms with Gasteiger partial charge in [0.25, 0.3) is 0 Å². The van der Waals surface area contributed by atoms with Gasteiger partial charge in [0, 0.05) is 12.8 Å². The molecule has 2 rings (SSSR count). The number of thiocarbonyl (C=S) groups is 1. The first-order valence-electron chi connectivity index (χ1n) is 6.70. The van der Waals surface area contributed by atoms with Crippen LogP contribution in [0.5, 0.6) is 0 Å². The Labute approximate surface area is 133 Å². The van der Waals surface area contributed by atoms with Crippen LogP contribution in [0.4, 0.5) is 4.39 Å². The summed E-state index contributed by atoms with van der Waals surface area (Å²) in [5.41, 5.74) is 1.17. The van der Waals surface area contributed by atoms with Crippen molar-refractivity contribution >= 4 is 23.3 Å². The molecule has 0 bridgehead atoms. The Balaban J connectivity index is 2.21. The monoisotopic (exact) mass is 324 g/mol. The summed E-state index contributed by atoms with van der Waals surface area (Å²) in [6, 6.07) is 5.40. The van der Waals surface area contributed by atoms with Crippen LogP contribution in [0, 0.1) is 11.7 Å². The summed E-state index contributed by atoms with van der Waals surface area (Å²) >= 11 is 5.10. The van der Waals surface area contributed by atoms with E-state index in [4.69, 9.17) is 21.7 Å². The minimum Gasteiger partial charge on any atom is -0.463 e. The molecule has 1 aromatic rings. The first-order valence-corrected chi connectivity index (χ1v) is 7.11. The number of hydrogen-bond acceptors (Lipinski definition) is 4. The van der Waals surface area contributed by atoms with Gasteiger partial charge in [-0.1, -0.05) is 18.7 Å². The van der Waals surface area contributed by atoms with E-state index in [1.165, 1.54) is 19.2 Å². The summed E-state index contributed by atoms with van der Waals surface area (Å²) in [5, 5.41) is 6.20. The molecule has 0 unspecified atom stereocenters. The highest BCUT2D eigenvalue weighted by molar-refractivity contribution is 7.80. The molecule has 1 aromatic carbocycles. The quantitative estimate of drug-likeness (QED) is 0.488. The number of rotatable bonds is 5. The number of carbonyl (C=O) groups is 1. The fourth-order valence-electron chi connectivity index (χ4n) is 2.23. The van der Waals surface area contributed by atoms with Gasteiger partial charge in [0.2, 0.25) is 0 Å². The molecular formula is C15H17FN2O3S. The van der Waals surface area contributed by atoms with Crippen LogP contribution in [-0.2, 0) is 14.3 Å². The molecule has 0 aliphatic carbocycles. The van der Waals surface area contributed by atoms with Crippen LogP contribution in [0.15, 0.2) is 36.5 Å². The molecule has 1 heterocycles. The Morgan fingerprint density at radius 2 is 2.05 bits per heavy atom. The largest absolute Gasteiger partial charge is 0.463 e. The smallest absolute Gasteiger partial charge is 0.317 e. The van der Waals surface area contributed by atoms with E-state index >= 15 is 0 Å². The molecule has 2 N–H and O–H groups in total. The second kappa shape index (κ2) is 7.33. The normalized spacial score (nSPS) is 21.0. The lowest BCUT2D eigenvalue weighted by molar-refractivity contribution is -0.149. The maximum Gasteiger partial charge on any atom is 0.317 e. The van der Waals surface area contributed by atoms with Gasteiger partial charge in [-0.2, -0.15) is 0 Å². The Morgan fingerprint density at radius 3 is 2.68 bits per heavy atom. The summed E-state index contributed by atoms with van der Waals surface area (Å²) in [7, 11) is 1.52. The van der Waals surface area contributed by atoms with Gasteiger partial charge in [0.15, 0.2) is 5.11 Å². The van der Waals surface area contributed by atoms with Gasteiger partial charge in [-0.3, -0.25) is 4.79 Å². The predicted octanol–water partition coefficient (Wildman–Crippen LogP) is 1.66. The topological polar surface area (TPSA) is 59.6 Å². The van der Waals surface area contributed by atoms with Gasteiger partial charge in [-0.05, 0) is 29.9 Å². The van der Waals surface area contributed by atoms with Crippen LogP contribution in [0.25, 0.3) is 0 Å². The van der Waals surface area contributed by atoms with E-state index < -0.39 is 17.9 Å². The van der Waals surface area contributed by atoms with Crippen LogP contribution < -0.4 is 10.6 Å². The van der Waals surface area contributed by atoms with Gasteiger partial charge in [0.1, 0.15) is 18.3 Å². The highest BCUT2D eigenvalue weighted by atomic mass is 32.1. The van der Waals surface area contributed by atoms with E-state index in [9.17, 15) is 9.18 Å². The van der Waals surface area contributed by atoms with E-state index in [0.717, 1.165) is 5.56 Å². The average Bonchev–Trinajstić information content (AvgIpc) is 2.47. The van der Waals surface area contributed by atoms with E-state index in [-0.39, 0.29) is 12.4 Å². The number of benzene rings is 1. The van der Waals surface area contributed by atoms with Crippen molar-refractivity contribution in [3.05, 3.63) is 47.9 Å². The number of hydrogen-bond donors (Lipinski definition) is 2. The fourth-order valence-corrected chi connectivity index (χ4v) is 2.48. The minimum atomic E-state index is -0.672. The van der Waals surface area contributed by atoms with Crippen molar-refractivity contribution in [2.75, 3.05) is 20.3 Å². The number of carbonyl (C=O) groups excluding carboxylic acids is 1. The van der Waals surface area contributed by atoms with E-state index in [0.29, 0.717) is 17.4 Å². The van der Waals surface area contributed by atoms with Gasteiger partial charge in [-0.15, -0.1) is 0 Å². The van der Waals surface area contributed by atoms with Crippen LogP contribution in [-0.4, -0.2) is 31.4 Å². The lowest BCUT2D eigenvalue weighted by Crippen LogP contribution is -2.51. The molecular weight excluding hydrogens is 307 g/mol. The van der Waals surface area contributed by atoms with Gasteiger partial charge < -0.3 is 20.1 Å². The lowest BCUT2D eigenvalue weighted by atomic mass is 9.89. The molecule has 5 nitrogen and oxygen atoms in total. The Kier molecular flexibility index (Phi) is 5.46. The summed E-state index contributed by atoms with van der Waals surface area (Å²) in [6.07, 6.45) is 0. The molecule has 0 spiro atoms. The van der Waals surface area contributed by atoms with Crippen LogP contribution in [0.3, 0.4) is 0 Å².